The molecule has 0 saturated carbocycles. The van der Waals surface area contributed by atoms with Crippen LogP contribution >= 0.6 is 0 Å². The number of nitrogens with zero attached hydrogens (tertiary/aromatic N) is 1. The van der Waals surface area contributed by atoms with Gasteiger partial charge in [-0.2, -0.15) is 0 Å². The third kappa shape index (κ3) is 3.82. The summed E-state index contributed by atoms with van der Waals surface area (Å²) >= 11 is 0. The maximum Gasteiger partial charge on any atom is 0.124 e. The molecule has 1 atom stereocenters. The van der Waals surface area contributed by atoms with Crippen LogP contribution in [0.4, 0.5) is 0 Å². The summed E-state index contributed by atoms with van der Waals surface area (Å²) in [7, 11) is -1.04. The molecule has 0 aliphatic rings. The summed E-state index contributed by atoms with van der Waals surface area (Å²) in [4.78, 5) is 0. The average molecular weight is 201 g/mol. The zero-order valence-electron chi connectivity index (χ0n) is 10.2. The van der Waals surface area contributed by atoms with Crippen LogP contribution in [0.15, 0.2) is 0 Å². The zero-order valence-corrected chi connectivity index (χ0v) is 11.2. The third-order valence-electron chi connectivity index (χ3n) is 3.36. The highest BCUT2D eigenvalue weighted by Crippen LogP contribution is 2.22. The van der Waals surface area contributed by atoms with Gasteiger partial charge in [0.2, 0.25) is 0 Å². The Morgan fingerprint density at radius 2 is 1.54 bits per heavy atom. The largest absolute Gasteiger partial charge is 0.324 e. The molecule has 0 radical (unpaired) electrons. The van der Waals surface area contributed by atoms with Gasteiger partial charge in [0.05, 0.1) is 0 Å². The minimum absolute atomic E-state index is 1.04. The van der Waals surface area contributed by atoms with Crippen molar-refractivity contribution in [3.63, 3.8) is 0 Å². The van der Waals surface area contributed by atoms with Crippen molar-refractivity contribution < 1.29 is 0 Å². The number of rotatable bonds is 7. The van der Waals surface area contributed by atoms with Crippen molar-refractivity contribution >= 4 is 8.24 Å². The summed E-state index contributed by atoms with van der Waals surface area (Å²) < 4.78 is 2.74. The highest BCUT2D eigenvalue weighted by atomic mass is 28.3. The first kappa shape index (κ1) is 13.2. The molecule has 0 aromatic carbocycles. The van der Waals surface area contributed by atoms with E-state index in [9.17, 15) is 0 Å². The van der Waals surface area contributed by atoms with Crippen LogP contribution < -0.4 is 0 Å². The van der Waals surface area contributed by atoms with Gasteiger partial charge in [0.1, 0.15) is 8.24 Å². The predicted molar refractivity (Wildman–Crippen MR) is 64.7 cm³/mol. The van der Waals surface area contributed by atoms with Gasteiger partial charge in [-0.1, -0.05) is 47.1 Å². The van der Waals surface area contributed by atoms with Crippen LogP contribution in [0.5, 0.6) is 0 Å². The van der Waals surface area contributed by atoms with Crippen molar-refractivity contribution in [2.45, 2.75) is 59.2 Å². The molecule has 0 N–H and O–H groups in total. The quantitative estimate of drug-likeness (QED) is 0.567. The minimum atomic E-state index is -1.04. The van der Waals surface area contributed by atoms with E-state index in [-0.39, 0.29) is 0 Å². The van der Waals surface area contributed by atoms with Crippen LogP contribution in [0.2, 0.25) is 18.6 Å². The molecule has 0 spiro atoms. The number of hydrogen-bond acceptors (Lipinski definition) is 1. The average Bonchev–Trinajstić information content (AvgIpc) is 2.16. The van der Waals surface area contributed by atoms with Crippen LogP contribution in [0.3, 0.4) is 0 Å². The van der Waals surface area contributed by atoms with Crippen LogP contribution in [0, 0.1) is 0 Å². The molecular weight excluding hydrogens is 174 g/mol. The van der Waals surface area contributed by atoms with E-state index in [1.54, 1.807) is 0 Å². The molecule has 13 heavy (non-hydrogen) atoms. The van der Waals surface area contributed by atoms with Crippen LogP contribution in [0.25, 0.3) is 0 Å². The number of hydrogen-bond donors (Lipinski definition) is 0. The molecular formula is C11H27NSi. The Hall–Kier alpha value is 0.177. The van der Waals surface area contributed by atoms with Crippen molar-refractivity contribution in [2.24, 2.45) is 0 Å². The Kier molecular flexibility index (Phi) is 6.69. The molecule has 0 bridgehead atoms. The van der Waals surface area contributed by atoms with Gasteiger partial charge in [-0.25, -0.2) is 0 Å². The molecule has 0 saturated heterocycles. The van der Waals surface area contributed by atoms with Gasteiger partial charge in [-0.15, -0.1) is 0 Å². The van der Waals surface area contributed by atoms with Crippen molar-refractivity contribution in [1.29, 1.82) is 0 Å². The normalized spacial score (nSPS) is 16.2. The highest BCUT2D eigenvalue weighted by Gasteiger charge is 2.29. The summed E-state index contributed by atoms with van der Waals surface area (Å²) in [5.41, 5.74) is 0. The van der Waals surface area contributed by atoms with E-state index in [1.807, 2.05) is 0 Å². The fourth-order valence-corrected chi connectivity index (χ4v) is 5.86. The second-order valence-corrected chi connectivity index (χ2v) is 8.96. The molecule has 0 aliphatic carbocycles. The summed E-state index contributed by atoms with van der Waals surface area (Å²) in [6.07, 6.45) is 2.77. The SMILES string of the molecule is CCCC[Si](C)(CC)N(CC)CC. The van der Waals surface area contributed by atoms with Crippen molar-refractivity contribution in [1.82, 2.24) is 4.57 Å². The van der Waals surface area contributed by atoms with Gasteiger partial charge in [-0.3, -0.25) is 0 Å². The Morgan fingerprint density at radius 1 is 1.00 bits per heavy atom. The second-order valence-electron chi connectivity index (χ2n) is 4.13. The molecule has 80 valence electrons. The van der Waals surface area contributed by atoms with Gasteiger partial charge in [-0.05, 0) is 25.2 Å². The standard InChI is InChI=1S/C11H27NSi/c1-6-10-11-13(5,9-4)12(7-2)8-3/h6-11H2,1-5H3. The van der Waals surface area contributed by atoms with Crippen LogP contribution in [0.1, 0.15) is 40.5 Å². The first-order chi connectivity index (χ1) is 6.14. The number of unbranched alkanes of at least 4 members (excludes halogenated alkanes) is 1. The van der Waals surface area contributed by atoms with E-state index < -0.39 is 8.24 Å². The molecule has 0 fully saturated rings. The molecule has 0 rings (SSSR count). The van der Waals surface area contributed by atoms with Crippen molar-refractivity contribution in [3.05, 3.63) is 0 Å². The van der Waals surface area contributed by atoms with Gasteiger partial charge >= 0.3 is 0 Å². The van der Waals surface area contributed by atoms with E-state index in [2.05, 4.69) is 38.8 Å². The van der Waals surface area contributed by atoms with Gasteiger partial charge in [0, 0.05) is 0 Å². The summed E-state index contributed by atoms with van der Waals surface area (Å²) in [5, 5.41) is 0. The Morgan fingerprint density at radius 3 is 1.85 bits per heavy atom. The molecule has 1 nitrogen and oxygen atoms in total. The van der Waals surface area contributed by atoms with Crippen LogP contribution in [-0.4, -0.2) is 25.9 Å². The lowest BCUT2D eigenvalue weighted by atomic mass is 10.4. The molecule has 0 heterocycles. The van der Waals surface area contributed by atoms with E-state index in [0.29, 0.717) is 0 Å². The lowest BCUT2D eigenvalue weighted by Crippen LogP contribution is -2.50. The Balaban J connectivity index is 4.21. The molecule has 0 aromatic rings. The first-order valence-corrected chi connectivity index (χ1v) is 8.75. The second kappa shape index (κ2) is 6.60. The predicted octanol–water partition coefficient (Wildman–Crippen LogP) is 3.72. The van der Waals surface area contributed by atoms with Crippen LogP contribution in [-0.2, 0) is 0 Å². The lowest BCUT2D eigenvalue weighted by molar-refractivity contribution is 0.458. The van der Waals surface area contributed by atoms with E-state index in [4.69, 9.17) is 0 Å². The third-order valence-corrected chi connectivity index (χ3v) is 8.47. The summed E-state index contributed by atoms with van der Waals surface area (Å²) in [6.45, 7) is 14.3. The Labute approximate surface area is 85.6 Å². The maximum atomic E-state index is 2.74. The fourth-order valence-electron chi connectivity index (χ4n) is 2.10. The molecule has 1 unspecified atom stereocenters. The zero-order chi connectivity index (χ0) is 10.3. The van der Waals surface area contributed by atoms with E-state index in [0.717, 1.165) is 0 Å². The van der Waals surface area contributed by atoms with Gasteiger partial charge in [0.25, 0.3) is 0 Å². The smallest absolute Gasteiger partial charge is 0.124 e. The Bertz CT molecular complexity index is 123. The lowest BCUT2D eigenvalue weighted by Gasteiger charge is -2.38. The van der Waals surface area contributed by atoms with Crippen molar-refractivity contribution in [3.8, 4) is 0 Å². The highest BCUT2D eigenvalue weighted by molar-refractivity contribution is 6.75. The minimum Gasteiger partial charge on any atom is -0.324 e. The van der Waals surface area contributed by atoms with Crippen molar-refractivity contribution in [2.75, 3.05) is 13.1 Å². The summed E-state index contributed by atoms with van der Waals surface area (Å²) in [5.74, 6) is 0. The molecule has 0 amide bonds. The maximum absolute atomic E-state index is 2.74. The summed E-state index contributed by atoms with van der Waals surface area (Å²) in [6, 6.07) is 2.90. The van der Waals surface area contributed by atoms with E-state index >= 15 is 0 Å². The topological polar surface area (TPSA) is 3.24 Å². The monoisotopic (exact) mass is 201 g/mol. The van der Waals surface area contributed by atoms with Gasteiger partial charge < -0.3 is 4.57 Å². The fraction of sp³-hybridized carbons (Fsp3) is 1.00. The van der Waals surface area contributed by atoms with E-state index in [1.165, 1.54) is 38.0 Å². The van der Waals surface area contributed by atoms with Gasteiger partial charge in [0.15, 0.2) is 0 Å². The first-order valence-electron chi connectivity index (χ1n) is 5.89. The molecule has 0 aliphatic heterocycles. The molecule has 2 heteroatoms. The molecule has 0 aromatic heterocycles.